The molecule has 0 radical (unpaired) electrons. The number of nitrogens with zero attached hydrogens (tertiary/aromatic N) is 1. The van der Waals surface area contributed by atoms with E-state index in [0.29, 0.717) is 23.7 Å². The summed E-state index contributed by atoms with van der Waals surface area (Å²) in [4.78, 5) is 24.1. The van der Waals surface area contributed by atoms with Crippen LogP contribution in [0.5, 0.6) is 0 Å². The fourth-order valence-electron chi connectivity index (χ4n) is 2.17. The summed E-state index contributed by atoms with van der Waals surface area (Å²) in [6.45, 7) is 2.69. The van der Waals surface area contributed by atoms with E-state index in [1.807, 2.05) is 25.1 Å². The molecular weight excluding hydrogens is 316 g/mol. The van der Waals surface area contributed by atoms with Crippen LogP contribution in [0.2, 0.25) is 5.02 Å². The zero-order valence-electron chi connectivity index (χ0n) is 13.1. The second-order valence-electron chi connectivity index (χ2n) is 5.19. The SMILES string of the molecule is COCCn1cc(C(=O)N[C@H](C)c2cccc(Cl)c2)ccc1=O. The van der Waals surface area contributed by atoms with Crippen LogP contribution in [0.25, 0.3) is 0 Å². The molecule has 1 atom stereocenters. The van der Waals surface area contributed by atoms with Gasteiger partial charge in [0.2, 0.25) is 0 Å². The van der Waals surface area contributed by atoms with Gasteiger partial charge >= 0.3 is 0 Å². The second kappa shape index (κ2) is 7.94. The van der Waals surface area contributed by atoms with Crippen LogP contribution >= 0.6 is 11.6 Å². The van der Waals surface area contributed by atoms with E-state index in [-0.39, 0.29) is 17.5 Å². The van der Waals surface area contributed by atoms with E-state index < -0.39 is 0 Å². The highest BCUT2D eigenvalue weighted by Gasteiger charge is 2.12. The first-order valence-corrected chi connectivity index (χ1v) is 7.65. The van der Waals surface area contributed by atoms with E-state index in [1.54, 1.807) is 19.4 Å². The number of carbonyl (C=O) groups excluding carboxylic acids is 1. The van der Waals surface area contributed by atoms with E-state index >= 15 is 0 Å². The Bertz CT molecular complexity index is 743. The van der Waals surface area contributed by atoms with Crippen LogP contribution in [-0.2, 0) is 11.3 Å². The summed E-state index contributed by atoms with van der Waals surface area (Å²) in [5.41, 5.74) is 1.18. The largest absolute Gasteiger partial charge is 0.383 e. The highest BCUT2D eigenvalue weighted by molar-refractivity contribution is 6.30. The van der Waals surface area contributed by atoms with Gasteiger partial charge in [0.05, 0.1) is 18.2 Å². The van der Waals surface area contributed by atoms with E-state index in [9.17, 15) is 9.59 Å². The van der Waals surface area contributed by atoms with Crippen molar-refractivity contribution >= 4 is 17.5 Å². The van der Waals surface area contributed by atoms with E-state index in [0.717, 1.165) is 5.56 Å². The number of halogens is 1. The number of hydrogen-bond donors (Lipinski definition) is 1. The van der Waals surface area contributed by atoms with Crippen LogP contribution in [0.1, 0.15) is 28.9 Å². The number of hydrogen-bond acceptors (Lipinski definition) is 3. The normalized spacial score (nSPS) is 12.0. The van der Waals surface area contributed by atoms with Crippen molar-refractivity contribution in [2.75, 3.05) is 13.7 Å². The predicted molar refractivity (Wildman–Crippen MR) is 89.9 cm³/mol. The number of aromatic nitrogens is 1. The Kier molecular flexibility index (Phi) is 5.96. The molecule has 5 nitrogen and oxygen atoms in total. The average molecular weight is 335 g/mol. The van der Waals surface area contributed by atoms with Crippen molar-refractivity contribution < 1.29 is 9.53 Å². The minimum Gasteiger partial charge on any atom is -0.383 e. The molecule has 0 aliphatic heterocycles. The maximum atomic E-state index is 12.4. The van der Waals surface area contributed by atoms with E-state index in [2.05, 4.69) is 5.32 Å². The van der Waals surface area contributed by atoms with Gasteiger partial charge in [-0.1, -0.05) is 23.7 Å². The molecule has 1 heterocycles. The van der Waals surface area contributed by atoms with Crippen molar-refractivity contribution in [1.82, 2.24) is 9.88 Å². The minimum absolute atomic E-state index is 0.165. The molecule has 0 fully saturated rings. The van der Waals surface area contributed by atoms with Gasteiger partial charge in [-0.15, -0.1) is 0 Å². The molecule has 1 N–H and O–H groups in total. The van der Waals surface area contributed by atoms with Crippen LogP contribution in [-0.4, -0.2) is 24.2 Å². The summed E-state index contributed by atoms with van der Waals surface area (Å²) < 4.78 is 6.42. The summed E-state index contributed by atoms with van der Waals surface area (Å²) in [6.07, 6.45) is 1.54. The predicted octanol–water partition coefficient (Wildman–Crippen LogP) is 2.64. The highest BCUT2D eigenvalue weighted by atomic mass is 35.5. The summed E-state index contributed by atoms with van der Waals surface area (Å²) >= 11 is 5.97. The van der Waals surface area contributed by atoms with Gasteiger partial charge < -0.3 is 14.6 Å². The standard InChI is InChI=1S/C17H19ClN2O3/c1-12(13-4-3-5-15(18)10-13)19-17(22)14-6-7-16(21)20(11-14)8-9-23-2/h3-7,10-12H,8-9H2,1-2H3,(H,19,22)/t12-/m1/s1. The number of carbonyl (C=O) groups is 1. The van der Waals surface area contributed by atoms with Gasteiger partial charge in [0.25, 0.3) is 11.5 Å². The molecule has 0 unspecified atom stereocenters. The molecule has 0 bridgehead atoms. The number of nitrogens with one attached hydrogen (secondary N) is 1. The third kappa shape index (κ3) is 4.68. The molecule has 0 saturated heterocycles. The van der Waals surface area contributed by atoms with Crippen molar-refractivity contribution in [2.45, 2.75) is 19.5 Å². The smallest absolute Gasteiger partial charge is 0.253 e. The van der Waals surface area contributed by atoms with Crippen LogP contribution in [0.15, 0.2) is 47.4 Å². The maximum absolute atomic E-state index is 12.4. The quantitative estimate of drug-likeness (QED) is 0.883. The molecule has 1 aromatic heterocycles. The first kappa shape index (κ1) is 17.2. The van der Waals surface area contributed by atoms with E-state index in [1.165, 1.54) is 16.7 Å². The lowest BCUT2D eigenvalue weighted by atomic mass is 10.1. The number of amides is 1. The van der Waals surface area contributed by atoms with Crippen LogP contribution in [0.4, 0.5) is 0 Å². The molecule has 0 aliphatic rings. The van der Waals surface area contributed by atoms with Gasteiger partial charge in [0.1, 0.15) is 0 Å². The zero-order chi connectivity index (χ0) is 16.8. The van der Waals surface area contributed by atoms with Gasteiger partial charge in [-0.3, -0.25) is 9.59 Å². The fourth-order valence-corrected chi connectivity index (χ4v) is 2.37. The van der Waals surface area contributed by atoms with E-state index in [4.69, 9.17) is 16.3 Å². The third-order valence-corrected chi connectivity index (χ3v) is 3.71. The summed E-state index contributed by atoms with van der Waals surface area (Å²) in [6, 6.07) is 10.0. The maximum Gasteiger partial charge on any atom is 0.253 e. The van der Waals surface area contributed by atoms with Crippen molar-refractivity contribution in [3.63, 3.8) is 0 Å². The molecule has 6 heteroatoms. The Morgan fingerprint density at radius 2 is 2.13 bits per heavy atom. The van der Waals surface area contributed by atoms with Gasteiger partial charge in [-0.05, 0) is 30.7 Å². The molecule has 2 aromatic rings. The van der Waals surface area contributed by atoms with Crippen molar-refractivity contribution in [3.8, 4) is 0 Å². The molecule has 2 rings (SSSR count). The Labute approximate surface area is 139 Å². The monoisotopic (exact) mass is 334 g/mol. The molecule has 0 aliphatic carbocycles. The van der Waals surface area contributed by atoms with Crippen molar-refractivity contribution in [2.24, 2.45) is 0 Å². The number of rotatable bonds is 6. The molecular formula is C17H19ClN2O3. The van der Waals surface area contributed by atoms with Crippen LogP contribution in [0.3, 0.4) is 0 Å². The fraction of sp³-hybridized carbons (Fsp3) is 0.294. The molecule has 0 saturated carbocycles. The highest BCUT2D eigenvalue weighted by Crippen LogP contribution is 2.17. The molecule has 0 spiro atoms. The first-order valence-electron chi connectivity index (χ1n) is 7.27. The number of ether oxygens (including phenoxy) is 1. The van der Waals surface area contributed by atoms with Gasteiger partial charge in [0, 0.05) is 30.9 Å². The number of pyridine rings is 1. The Balaban J connectivity index is 2.12. The average Bonchev–Trinajstić information content (AvgIpc) is 2.54. The lowest BCUT2D eigenvalue weighted by molar-refractivity contribution is 0.0938. The number of benzene rings is 1. The minimum atomic E-state index is -0.247. The molecule has 122 valence electrons. The topological polar surface area (TPSA) is 60.3 Å². The van der Waals surface area contributed by atoms with Crippen LogP contribution < -0.4 is 10.9 Å². The number of methoxy groups -OCH3 is 1. The Morgan fingerprint density at radius 3 is 2.83 bits per heavy atom. The van der Waals surface area contributed by atoms with Crippen molar-refractivity contribution in [3.05, 3.63) is 69.1 Å². The Morgan fingerprint density at radius 1 is 1.35 bits per heavy atom. The lowest BCUT2D eigenvalue weighted by Crippen LogP contribution is -2.29. The summed E-state index contributed by atoms with van der Waals surface area (Å²) in [5, 5.41) is 3.52. The first-order chi connectivity index (χ1) is 11.0. The molecule has 1 amide bonds. The summed E-state index contributed by atoms with van der Waals surface area (Å²) in [7, 11) is 1.56. The summed E-state index contributed by atoms with van der Waals surface area (Å²) in [5.74, 6) is -0.247. The van der Waals surface area contributed by atoms with Gasteiger partial charge in [0.15, 0.2) is 0 Å². The van der Waals surface area contributed by atoms with Crippen molar-refractivity contribution in [1.29, 1.82) is 0 Å². The second-order valence-corrected chi connectivity index (χ2v) is 5.63. The Hall–Kier alpha value is -2.11. The third-order valence-electron chi connectivity index (χ3n) is 3.48. The van der Waals surface area contributed by atoms with Gasteiger partial charge in [-0.25, -0.2) is 0 Å². The van der Waals surface area contributed by atoms with Gasteiger partial charge in [-0.2, -0.15) is 0 Å². The van der Waals surface area contributed by atoms with Crippen LogP contribution in [0, 0.1) is 0 Å². The zero-order valence-corrected chi connectivity index (χ0v) is 13.8. The lowest BCUT2D eigenvalue weighted by Gasteiger charge is -2.15. The molecule has 1 aromatic carbocycles. The molecule has 23 heavy (non-hydrogen) atoms.